The standard InChI is InChI=1S/C34H38N4O3/c1-2-6-31(22-7-4-3-5-8-22)35-34(39)24-11-16-32-30(17-24)33(37-36-32)23-9-14-28(15-10-23)41-29-18-25-12-13-26(19-29)38(25)27-20-40-21-27/h3-5,7-11,14-17,25-27,29,31H,2,6,12-13,18-21H2,1H3,(H,35,39)(H,36,37)/t25-,26+,29-,31-/m0/s1. The van der Waals surface area contributed by atoms with E-state index in [-0.39, 0.29) is 18.1 Å². The van der Waals surface area contributed by atoms with Crippen LogP contribution in [-0.2, 0) is 4.74 Å². The number of aromatic nitrogens is 2. The van der Waals surface area contributed by atoms with Crippen LogP contribution in [-0.4, -0.2) is 58.4 Å². The average Bonchev–Trinajstić information content (AvgIpc) is 3.50. The lowest BCUT2D eigenvalue weighted by atomic mass is 9.96. The molecule has 7 nitrogen and oxygen atoms in total. The number of nitrogens with one attached hydrogen (secondary N) is 2. The van der Waals surface area contributed by atoms with Crippen molar-refractivity contribution in [3.05, 3.63) is 83.9 Å². The van der Waals surface area contributed by atoms with Crippen LogP contribution in [0, 0.1) is 0 Å². The molecule has 4 atom stereocenters. The Morgan fingerprint density at radius 2 is 1.78 bits per heavy atom. The summed E-state index contributed by atoms with van der Waals surface area (Å²) in [5.41, 5.74) is 4.49. The van der Waals surface area contributed by atoms with Gasteiger partial charge in [0, 0.05) is 28.6 Å². The van der Waals surface area contributed by atoms with Crippen LogP contribution < -0.4 is 10.1 Å². The number of fused-ring (bicyclic) bond motifs is 3. The second-order valence-corrected chi connectivity index (χ2v) is 11.8. The lowest BCUT2D eigenvalue weighted by molar-refractivity contribution is -0.102. The Bertz CT molecular complexity index is 1480. The summed E-state index contributed by atoms with van der Waals surface area (Å²) in [6, 6.07) is 26.0. The van der Waals surface area contributed by atoms with Gasteiger partial charge in [-0.15, -0.1) is 0 Å². The highest BCUT2D eigenvalue weighted by Gasteiger charge is 2.46. The molecule has 0 aliphatic carbocycles. The molecule has 4 aromatic rings. The fourth-order valence-electron chi connectivity index (χ4n) is 7.05. The van der Waals surface area contributed by atoms with E-state index in [1.54, 1.807) is 0 Å². The van der Waals surface area contributed by atoms with Gasteiger partial charge >= 0.3 is 0 Å². The quantitative estimate of drug-likeness (QED) is 0.257. The maximum atomic E-state index is 13.3. The number of hydrogen-bond acceptors (Lipinski definition) is 5. The zero-order valence-corrected chi connectivity index (χ0v) is 23.6. The molecule has 1 amide bonds. The third-order valence-electron chi connectivity index (χ3n) is 9.13. The fraction of sp³-hybridized carbons (Fsp3) is 0.412. The number of H-pyrrole nitrogens is 1. The van der Waals surface area contributed by atoms with Crippen molar-refractivity contribution in [2.75, 3.05) is 13.2 Å². The van der Waals surface area contributed by atoms with E-state index in [2.05, 4.69) is 63.7 Å². The lowest BCUT2D eigenvalue weighted by Gasteiger charge is -2.46. The minimum Gasteiger partial charge on any atom is -0.490 e. The summed E-state index contributed by atoms with van der Waals surface area (Å²) in [6.07, 6.45) is 6.87. The fourth-order valence-corrected chi connectivity index (χ4v) is 7.05. The molecule has 3 saturated heterocycles. The second-order valence-electron chi connectivity index (χ2n) is 11.8. The Hall–Kier alpha value is -3.68. The van der Waals surface area contributed by atoms with E-state index in [9.17, 15) is 4.79 Å². The maximum absolute atomic E-state index is 13.3. The predicted molar refractivity (Wildman–Crippen MR) is 160 cm³/mol. The summed E-state index contributed by atoms with van der Waals surface area (Å²) < 4.78 is 11.9. The van der Waals surface area contributed by atoms with Crippen molar-refractivity contribution in [3.63, 3.8) is 0 Å². The van der Waals surface area contributed by atoms with Gasteiger partial charge in [-0.1, -0.05) is 43.7 Å². The van der Waals surface area contributed by atoms with Crippen molar-refractivity contribution < 1.29 is 14.3 Å². The van der Waals surface area contributed by atoms with Crippen LogP contribution in [0.3, 0.4) is 0 Å². The first-order valence-electron chi connectivity index (χ1n) is 15.1. The molecule has 2 N–H and O–H groups in total. The van der Waals surface area contributed by atoms with Crippen molar-refractivity contribution >= 4 is 16.8 Å². The number of amides is 1. The van der Waals surface area contributed by atoms with Crippen LogP contribution in [0.4, 0.5) is 0 Å². The van der Waals surface area contributed by atoms with E-state index in [0.29, 0.717) is 23.7 Å². The van der Waals surface area contributed by atoms with Gasteiger partial charge in [0.2, 0.25) is 0 Å². The molecule has 2 bridgehead atoms. The van der Waals surface area contributed by atoms with E-state index in [0.717, 1.165) is 72.4 Å². The van der Waals surface area contributed by atoms with Crippen LogP contribution in [0.1, 0.15) is 67.4 Å². The molecule has 3 aromatic carbocycles. The number of nitrogens with zero attached hydrogens (tertiary/aromatic N) is 2. The molecule has 3 fully saturated rings. The number of carbonyl (C=O) groups is 1. The number of aromatic amines is 1. The molecule has 212 valence electrons. The second kappa shape index (κ2) is 11.3. The predicted octanol–water partition coefficient (Wildman–Crippen LogP) is 6.27. The molecule has 3 aliphatic heterocycles. The molecule has 3 aliphatic rings. The number of rotatable bonds is 9. The summed E-state index contributed by atoms with van der Waals surface area (Å²) >= 11 is 0. The summed E-state index contributed by atoms with van der Waals surface area (Å²) in [5, 5.41) is 11.9. The van der Waals surface area contributed by atoms with E-state index in [1.165, 1.54) is 12.8 Å². The third kappa shape index (κ3) is 5.24. The minimum absolute atomic E-state index is 0.0181. The first-order valence-corrected chi connectivity index (χ1v) is 15.1. The van der Waals surface area contributed by atoms with Gasteiger partial charge in [0.1, 0.15) is 11.9 Å². The highest BCUT2D eigenvalue weighted by atomic mass is 16.5. The highest BCUT2D eigenvalue weighted by Crippen LogP contribution is 2.40. The van der Waals surface area contributed by atoms with E-state index < -0.39 is 0 Å². The Labute approximate surface area is 241 Å². The van der Waals surface area contributed by atoms with Crippen molar-refractivity contribution in [3.8, 4) is 17.0 Å². The molecule has 41 heavy (non-hydrogen) atoms. The maximum Gasteiger partial charge on any atom is 0.251 e. The zero-order chi connectivity index (χ0) is 27.8. The van der Waals surface area contributed by atoms with Gasteiger partial charge in [-0.05, 0) is 80.1 Å². The first kappa shape index (κ1) is 26.2. The van der Waals surface area contributed by atoms with E-state index >= 15 is 0 Å². The molecular formula is C34H38N4O3. The first-order chi connectivity index (χ1) is 20.2. The van der Waals surface area contributed by atoms with Gasteiger partial charge in [0.05, 0.1) is 36.5 Å². The molecule has 4 heterocycles. The number of benzene rings is 3. The average molecular weight is 551 g/mol. The molecule has 7 rings (SSSR count). The Morgan fingerprint density at radius 3 is 2.46 bits per heavy atom. The number of hydrogen-bond donors (Lipinski definition) is 2. The molecule has 0 radical (unpaired) electrons. The SMILES string of the molecule is CCC[C@H](NC(=O)c1ccc2[nH]nc(-c3ccc(O[C@@H]4C[C@H]5CC[C@@H](C4)N5C4COC4)cc3)c2c1)c1ccccc1. The molecule has 7 heteroatoms. The van der Waals surface area contributed by atoms with Crippen molar-refractivity contribution in [2.45, 2.75) is 75.7 Å². The molecular weight excluding hydrogens is 512 g/mol. The van der Waals surface area contributed by atoms with Crippen molar-refractivity contribution in [2.24, 2.45) is 0 Å². The number of carbonyl (C=O) groups excluding carboxylic acids is 1. The number of ether oxygens (including phenoxy) is 2. The summed E-state index contributed by atoms with van der Waals surface area (Å²) in [5.74, 6) is 0.830. The summed E-state index contributed by atoms with van der Waals surface area (Å²) in [6.45, 7) is 3.92. The highest BCUT2D eigenvalue weighted by molar-refractivity contribution is 6.01. The minimum atomic E-state index is -0.0741. The van der Waals surface area contributed by atoms with Gasteiger partial charge in [-0.3, -0.25) is 14.8 Å². The largest absolute Gasteiger partial charge is 0.490 e. The van der Waals surface area contributed by atoms with Crippen LogP contribution in [0.5, 0.6) is 5.75 Å². The van der Waals surface area contributed by atoms with Crippen LogP contribution in [0.15, 0.2) is 72.8 Å². The molecule has 0 saturated carbocycles. The molecule has 0 unspecified atom stereocenters. The Kier molecular flexibility index (Phi) is 7.23. The summed E-state index contributed by atoms with van der Waals surface area (Å²) in [4.78, 5) is 16.0. The van der Waals surface area contributed by atoms with Gasteiger partial charge in [-0.2, -0.15) is 5.10 Å². The van der Waals surface area contributed by atoms with Crippen molar-refractivity contribution in [1.82, 2.24) is 20.4 Å². The molecule has 0 spiro atoms. The topological polar surface area (TPSA) is 79.5 Å². The van der Waals surface area contributed by atoms with Gasteiger partial charge in [0.25, 0.3) is 5.91 Å². The Balaban J connectivity index is 1.05. The smallest absolute Gasteiger partial charge is 0.251 e. The van der Waals surface area contributed by atoms with Crippen molar-refractivity contribution in [1.29, 1.82) is 0 Å². The van der Waals surface area contributed by atoms with Gasteiger partial charge in [0.15, 0.2) is 0 Å². The van der Waals surface area contributed by atoms with Gasteiger partial charge in [-0.25, -0.2) is 0 Å². The Morgan fingerprint density at radius 1 is 1.02 bits per heavy atom. The van der Waals surface area contributed by atoms with Gasteiger partial charge < -0.3 is 14.8 Å². The van der Waals surface area contributed by atoms with Crippen LogP contribution in [0.25, 0.3) is 22.2 Å². The summed E-state index contributed by atoms with van der Waals surface area (Å²) in [7, 11) is 0. The number of piperidine rings is 1. The van der Waals surface area contributed by atoms with E-state index in [1.807, 2.05) is 36.4 Å². The van der Waals surface area contributed by atoms with Crippen LogP contribution >= 0.6 is 0 Å². The monoisotopic (exact) mass is 550 g/mol. The molecule has 1 aromatic heterocycles. The third-order valence-corrected chi connectivity index (χ3v) is 9.13. The van der Waals surface area contributed by atoms with Crippen LogP contribution in [0.2, 0.25) is 0 Å². The normalized spacial score (nSPS) is 23.3. The van der Waals surface area contributed by atoms with E-state index in [4.69, 9.17) is 9.47 Å². The zero-order valence-electron chi connectivity index (χ0n) is 23.6. The lowest BCUT2D eigenvalue weighted by Crippen LogP contribution is -2.57.